The second kappa shape index (κ2) is 8.44. The van der Waals surface area contributed by atoms with Crippen molar-refractivity contribution in [3.05, 3.63) is 0 Å². The molecule has 0 unspecified atom stereocenters. The molecule has 2 nitrogen and oxygen atoms in total. The summed E-state index contributed by atoms with van der Waals surface area (Å²) in [6.07, 6.45) is 20.3. The van der Waals surface area contributed by atoms with E-state index in [1.807, 2.05) is 0 Å². The molecule has 4 fully saturated rings. The maximum absolute atomic E-state index is 12.1. The maximum Gasteiger partial charge on any atom is 0.308 e. The summed E-state index contributed by atoms with van der Waals surface area (Å²) in [4.78, 5) is 12.1. The monoisotopic (exact) mass is 348 g/mol. The molecule has 0 aromatic heterocycles. The third-order valence-corrected chi connectivity index (χ3v) is 8.15. The predicted octanol–water partition coefficient (Wildman–Crippen LogP) is 6.67. The molecule has 0 heterocycles. The van der Waals surface area contributed by atoms with Gasteiger partial charge in [0.25, 0.3) is 0 Å². The van der Waals surface area contributed by atoms with Crippen molar-refractivity contribution in [3.8, 4) is 0 Å². The first-order valence-corrected chi connectivity index (χ1v) is 11.3. The van der Waals surface area contributed by atoms with Gasteiger partial charge in [-0.05, 0) is 93.8 Å². The lowest BCUT2D eigenvalue weighted by atomic mass is 9.47. The van der Waals surface area contributed by atoms with Gasteiger partial charge in [-0.15, -0.1) is 0 Å². The van der Waals surface area contributed by atoms with Gasteiger partial charge >= 0.3 is 5.97 Å². The van der Waals surface area contributed by atoms with Gasteiger partial charge in [0.15, 0.2) is 0 Å². The lowest BCUT2D eigenvalue weighted by Gasteiger charge is -2.58. The van der Waals surface area contributed by atoms with Crippen LogP contribution in [0.15, 0.2) is 0 Å². The molecule has 25 heavy (non-hydrogen) atoms. The summed E-state index contributed by atoms with van der Waals surface area (Å²) in [6, 6.07) is 0. The van der Waals surface area contributed by atoms with Gasteiger partial charge in [0, 0.05) is 0 Å². The van der Waals surface area contributed by atoms with Crippen molar-refractivity contribution >= 4 is 5.97 Å². The average molecular weight is 349 g/mol. The number of hydrogen-bond donors (Lipinski definition) is 0. The largest absolute Gasteiger partial charge is 0.465 e. The molecule has 4 rings (SSSR count). The Kier molecular flexibility index (Phi) is 6.49. The normalized spacial score (nSPS) is 37.8. The molecule has 4 saturated carbocycles. The van der Waals surface area contributed by atoms with Crippen molar-refractivity contribution in [3.63, 3.8) is 0 Å². The fraction of sp³-hybridized carbons (Fsp3) is 0.957. The quantitative estimate of drug-likeness (QED) is 0.362. The minimum absolute atomic E-state index is 0.0834. The van der Waals surface area contributed by atoms with Crippen LogP contribution in [0.5, 0.6) is 0 Å². The molecular formula is C23H40O2. The lowest BCUT2D eigenvalue weighted by molar-refractivity contribution is -0.151. The standard InChI is InChI=1S/C23H40O2/c1-3-5-6-11-22-12-15-23(16-13-22,17-14-22)20-9-7-19(8-10-20)21(24)25-18-4-2/h19-20H,3-18H2,1-2H3/t19-,20-,22?,23?. The number of esters is 1. The van der Waals surface area contributed by atoms with Gasteiger partial charge in [-0.1, -0.05) is 33.1 Å². The topological polar surface area (TPSA) is 26.3 Å². The van der Waals surface area contributed by atoms with E-state index in [2.05, 4.69) is 13.8 Å². The highest BCUT2D eigenvalue weighted by Crippen LogP contribution is 2.63. The van der Waals surface area contributed by atoms with Crippen LogP contribution in [0, 0.1) is 22.7 Å². The van der Waals surface area contributed by atoms with Crippen molar-refractivity contribution in [1.29, 1.82) is 0 Å². The SMILES string of the molecule is CCCCCC12CCC([C@H]3CC[C@H](C(=O)OCCC)CC3)(CC1)CC2. The zero-order chi connectivity index (χ0) is 17.8. The number of fused-ring (bicyclic) bond motifs is 3. The van der Waals surface area contributed by atoms with E-state index in [0.717, 1.165) is 30.6 Å². The molecular weight excluding hydrogens is 308 g/mol. The first kappa shape index (κ1) is 19.2. The van der Waals surface area contributed by atoms with Crippen molar-refractivity contribution in [2.45, 2.75) is 110 Å². The summed E-state index contributed by atoms with van der Waals surface area (Å²) in [7, 11) is 0. The summed E-state index contributed by atoms with van der Waals surface area (Å²) in [5, 5.41) is 0. The van der Waals surface area contributed by atoms with Crippen LogP contribution in [-0.4, -0.2) is 12.6 Å². The van der Waals surface area contributed by atoms with E-state index in [1.54, 1.807) is 0 Å². The van der Waals surface area contributed by atoms with E-state index in [4.69, 9.17) is 4.74 Å². The highest BCUT2D eigenvalue weighted by atomic mass is 16.5. The molecule has 0 saturated heterocycles. The summed E-state index contributed by atoms with van der Waals surface area (Å²) in [5.41, 5.74) is 1.36. The molecule has 2 bridgehead atoms. The zero-order valence-corrected chi connectivity index (χ0v) is 16.8. The molecule has 2 heteroatoms. The van der Waals surface area contributed by atoms with Crippen LogP contribution < -0.4 is 0 Å². The van der Waals surface area contributed by atoms with Gasteiger partial charge in [-0.25, -0.2) is 0 Å². The van der Waals surface area contributed by atoms with Gasteiger partial charge in [-0.2, -0.15) is 0 Å². The number of rotatable bonds is 8. The van der Waals surface area contributed by atoms with Crippen molar-refractivity contribution in [2.24, 2.45) is 22.7 Å². The molecule has 0 aromatic rings. The minimum atomic E-state index is 0.0834. The molecule has 144 valence electrons. The highest BCUT2D eigenvalue weighted by molar-refractivity contribution is 5.72. The first-order valence-electron chi connectivity index (χ1n) is 11.3. The van der Waals surface area contributed by atoms with Crippen molar-refractivity contribution in [1.82, 2.24) is 0 Å². The smallest absolute Gasteiger partial charge is 0.308 e. The van der Waals surface area contributed by atoms with Crippen molar-refractivity contribution < 1.29 is 9.53 Å². The van der Waals surface area contributed by atoms with E-state index >= 15 is 0 Å². The fourth-order valence-corrected chi connectivity index (χ4v) is 6.29. The number of unbranched alkanes of at least 4 members (excludes halogenated alkanes) is 2. The summed E-state index contributed by atoms with van der Waals surface area (Å²) < 4.78 is 5.39. The Bertz CT molecular complexity index is 409. The molecule has 0 atom stereocenters. The Morgan fingerprint density at radius 1 is 0.880 bits per heavy atom. The van der Waals surface area contributed by atoms with Gasteiger partial charge in [-0.3, -0.25) is 4.79 Å². The second-order valence-corrected chi connectivity index (χ2v) is 9.54. The minimum Gasteiger partial charge on any atom is -0.465 e. The van der Waals surface area contributed by atoms with Crippen LogP contribution in [0.2, 0.25) is 0 Å². The van der Waals surface area contributed by atoms with E-state index < -0.39 is 0 Å². The molecule has 0 aromatic carbocycles. The number of hydrogen-bond acceptors (Lipinski definition) is 2. The molecule has 0 amide bonds. The van der Waals surface area contributed by atoms with E-state index in [-0.39, 0.29) is 11.9 Å². The molecule has 4 aliphatic carbocycles. The van der Waals surface area contributed by atoms with E-state index in [1.165, 1.54) is 77.0 Å². The Hall–Kier alpha value is -0.530. The van der Waals surface area contributed by atoms with Crippen LogP contribution in [-0.2, 0) is 9.53 Å². The van der Waals surface area contributed by atoms with Crippen LogP contribution in [0.1, 0.15) is 110 Å². The molecule has 0 N–H and O–H groups in total. The van der Waals surface area contributed by atoms with Gasteiger partial charge in [0.1, 0.15) is 0 Å². The van der Waals surface area contributed by atoms with E-state index in [9.17, 15) is 4.79 Å². The third-order valence-electron chi connectivity index (χ3n) is 8.15. The van der Waals surface area contributed by atoms with Crippen LogP contribution in [0.3, 0.4) is 0 Å². The number of carbonyl (C=O) groups is 1. The Morgan fingerprint density at radius 3 is 2.08 bits per heavy atom. The first-order chi connectivity index (χ1) is 12.1. The highest BCUT2D eigenvalue weighted by Gasteiger charge is 2.51. The second-order valence-electron chi connectivity index (χ2n) is 9.54. The summed E-state index contributed by atoms with van der Waals surface area (Å²) >= 11 is 0. The van der Waals surface area contributed by atoms with Gasteiger partial charge in [0.05, 0.1) is 12.5 Å². The summed E-state index contributed by atoms with van der Waals surface area (Å²) in [5.74, 6) is 1.16. The molecule has 0 radical (unpaired) electrons. The van der Waals surface area contributed by atoms with Crippen molar-refractivity contribution in [2.75, 3.05) is 6.61 Å². The van der Waals surface area contributed by atoms with Crippen LogP contribution in [0.4, 0.5) is 0 Å². The maximum atomic E-state index is 12.1. The predicted molar refractivity (Wildman–Crippen MR) is 103 cm³/mol. The lowest BCUT2D eigenvalue weighted by Crippen LogP contribution is -2.46. The fourth-order valence-electron chi connectivity index (χ4n) is 6.29. The third kappa shape index (κ3) is 4.25. The van der Waals surface area contributed by atoms with Gasteiger partial charge in [0.2, 0.25) is 0 Å². The Morgan fingerprint density at radius 2 is 1.52 bits per heavy atom. The Labute approximate surface area is 155 Å². The van der Waals surface area contributed by atoms with E-state index in [0.29, 0.717) is 12.0 Å². The zero-order valence-electron chi connectivity index (χ0n) is 16.8. The molecule has 4 aliphatic rings. The van der Waals surface area contributed by atoms with Gasteiger partial charge < -0.3 is 4.74 Å². The number of ether oxygens (including phenoxy) is 1. The molecule has 0 spiro atoms. The number of carbonyl (C=O) groups excluding carboxylic acids is 1. The van der Waals surface area contributed by atoms with Crippen LogP contribution in [0.25, 0.3) is 0 Å². The van der Waals surface area contributed by atoms with Crippen LogP contribution >= 0.6 is 0 Å². The average Bonchev–Trinajstić information content (AvgIpc) is 2.68. The molecule has 0 aliphatic heterocycles. The summed E-state index contributed by atoms with van der Waals surface area (Å²) in [6.45, 7) is 4.99. The Balaban J connectivity index is 1.48.